The molecule has 1 aromatic heterocycles. The van der Waals surface area contributed by atoms with Gasteiger partial charge in [0.05, 0.1) is 28.8 Å². The lowest BCUT2D eigenvalue weighted by Gasteiger charge is -2.34. The smallest absolute Gasteiger partial charge is 0.305 e. The molecule has 2 heterocycles. The molecule has 1 fully saturated rings. The molecule has 1 N–H and O–H groups in total. The standard InChI is InChI=1S/C13H17NO5S2/c1-2-9-3-5-20-12(9)13(17)14-4-6-21(18,19)8-10(14)7-11(15)16/h3,5,10H,2,4,6-8H2,1H3,(H,15,16). The van der Waals surface area contributed by atoms with Crippen LogP contribution in [-0.2, 0) is 21.1 Å². The van der Waals surface area contributed by atoms with Gasteiger partial charge in [-0.2, -0.15) is 0 Å². The summed E-state index contributed by atoms with van der Waals surface area (Å²) in [6.07, 6.45) is 0.359. The van der Waals surface area contributed by atoms with Gasteiger partial charge in [0.1, 0.15) is 0 Å². The lowest BCUT2D eigenvalue weighted by Crippen LogP contribution is -2.51. The second-order valence-electron chi connectivity index (χ2n) is 4.99. The van der Waals surface area contributed by atoms with E-state index in [1.54, 1.807) is 0 Å². The Bertz CT molecular complexity index is 649. The van der Waals surface area contributed by atoms with Crippen LogP contribution >= 0.6 is 11.3 Å². The number of carbonyl (C=O) groups excluding carboxylic acids is 1. The van der Waals surface area contributed by atoms with Gasteiger partial charge in [0, 0.05) is 6.54 Å². The summed E-state index contributed by atoms with van der Waals surface area (Å²) in [6.45, 7) is 1.99. The molecule has 1 aromatic rings. The number of aryl methyl sites for hydroxylation is 1. The molecule has 0 radical (unpaired) electrons. The van der Waals surface area contributed by atoms with Crippen molar-refractivity contribution in [3.8, 4) is 0 Å². The Hall–Kier alpha value is -1.41. The molecule has 1 aliphatic rings. The first-order valence-corrected chi connectivity index (χ1v) is 9.33. The molecule has 0 saturated carbocycles. The first kappa shape index (κ1) is 16.0. The number of carbonyl (C=O) groups is 2. The van der Waals surface area contributed by atoms with Crippen LogP contribution in [0, 0.1) is 0 Å². The highest BCUT2D eigenvalue weighted by atomic mass is 32.2. The first-order chi connectivity index (χ1) is 9.84. The fourth-order valence-electron chi connectivity index (χ4n) is 2.46. The van der Waals surface area contributed by atoms with Crippen molar-refractivity contribution in [2.75, 3.05) is 18.1 Å². The molecule has 1 unspecified atom stereocenters. The van der Waals surface area contributed by atoms with Crippen LogP contribution in [-0.4, -0.2) is 54.4 Å². The Morgan fingerprint density at radius 1 is 1.48 bits per heavy atom. The van der Waals surface area contributed by atoms with Crippen molar-refractivity contribution in [1.29, 1.82) is 0 Å². The van der Waals surface area contributed by atoms with E-state index in [1.165, 1.54) is 16.2 Å². The average molecular weight is 331 g/mol. The fourth-order valence-corrected chi connectivity index (χ4v) is 4.93. The predicted octanol–water partition coefficient (Wildman–Crippen LogP) is 1.02. The number of thiophene rings is 1. The van der Waals surface area contributed by atoms with E-state index in [9.17, 15) is 18.0 Å². The number of aliphatic carboxylic acids is 1. The molecule has 6 nitrogen and oxygen atoms in total. The third kappa shape index (κ3) is 3.62. The van der Waals surface area contributed by atoms with Crippen molar-refractivity contribution in [2.45, 2.75) is 25.8 Å². The van der Waals surface area contributed by atoms with Crippen molar-refractivity contribution < 1.29 is 23.1 Å². The largest absolute Gasteiger partial charge is 0.481 e. The lowest BCUT2D eigenvalue weighted by atomic mass is 10.1. The highest BCUT2D eigenvalue weighted by Crippen LogP contribution is 2.24. The van der Waals surface area contributed by atoms with Gasteiger partial charge in [-0.1, -0.05) is 6.92 Å². The molecule has 1 saturated heterocycles. The Labute approximate surface area is 127 Å². The summed E-state index contributed by atoms with van der Waals surface area (Å²) < 4.78 is 23.4. The number of hydrogen-bond acceptors (Lipinski definition) is 5. The zero-order valence-electron chi connectivity index (χ0n) is 11.6. The number of carboxylic acid groups (broad SMARTS) is 1. The number of rotatable bonds is 4. The Kier molecular flexibility index (Phi) is 4.67. The normalized spacial score (nSPS) is 21.2. The van der Waals surface area contributed by atoms with Crippen LogP contribution in [0.15, 0.2) is 11.4 Å². The third-order valence-electron chi connectivity index (χ3n) is 3.52. The number of carboxylic acids is 1. The quantitative estimate of drug-likeness (QED) is 0.889. The van der Waals surface area contributed by atoms with Gasteiger partial charge in [-0.15, -0.1) is 11.3 Å². The van der Waals surface area contributed by atoms with Gasteiger partial charge in [-0.05, 0) is 23.4 Å². The molecule has 0 aromatic carbocycles. The molecule has 1 amide bonds. The molecule has 0 aliphatic carbocycles. The molecule has 21 heavy (non-hydrogen) atoms. The van der Waals surface area contributed by atoms with Crippen LogP contribution in [0.5, 0.6) is 0 Å². The maximum Gasteiger partial charge on any atom is 0.305 e. The van der Waals surface area contributed by atoms with E-state index in [0.717, 1.165) is 5.56 Å². The maximum atomic E-state index is 12.6. The molecule has 1 aliphatic heterocycles. The number of hydrogen-bond donors (Lipinski definition) is 1. The second kappa shape index (κ2) is 6.15. The lowest BCUT2D eigenvalue weighted by molar-refractivity contribution is -0.138. The van der Waals surface area contributed by atoms with Crippen LogP contribution in [0.1, 0.15) is 28.6 Å². The first-order valence-electron chi connectivity index (χ1n) is 6.63. The van der Waals surface area contributed by atoms with Crippen LogP contribution in [0.3, 0.4) is 0 Å². The minimum absolute atomic E-state index is 0.0557. The summed E-state index contributed by atoms with van der Waals surface area (Å²) in [5.41, 5.74) is 0.910. The van der Waals surface area contributed by atoms with E-state index in [4.69, 9.17) is 5.11 Å². The topological polar surface area (TPSA) is 91.8 Å². The van der Waals surface area contributed by atoms with E-state index in [0.29, 0.717) is 11.3 Å². The van der Waals surface area contributed by atoms with Crippen molar-refractivity contribution in [3.63, 3.8) is 0 Å². The molecule has 8 heteroatoms. The maximum absolute atomic E-state index is 12.6. The Balaban J connectivity index is 2.27. The van der Waals surface area contributed by atoms with Crippen LogP contribution in [0.2, 0.25) is 0 Å². The monoisotopic (exact) mass is 331 g/mol. The molecule has 0 spiro atoms. The van der Waals surface area contributed by atoms with Crippen molar-refractivity contribution in [1.82, 2.24) is 4.90 Å². The zero-order chi connectivity index (χ0) is 15.6. The van der Waals surface area contributed by atoms with E-state index >= 15 is 0 Å². The molecule has 116 valence electrons. The van der Waals surface area contributed by atoms with E-state index in [1.807, 2.05) is 18.4 Å². The summed E-state index contributed by atoms with van der Waals surface area (Å²) in [4.78, 5) is 25.5. The van der Waals surface area contributed by atoms with Crippen LogP contribution in [0.4, 0.5) is 0 Å². The molecular weight excluding hydrogens is 314 g/mol. The molecule has 2 rings (SSSR count). The fraction of sp³-hybridized carbons (Fsp3) is 0.538. The van der Waals surface area contributed by atoms with Crippen molar-refractivity contribution in [3.05, 3.63) is 21.9 Å². The van der Waals surface area contributed by atoms with E-state index in [-0.39, 0.29) is 30.4 Å². The van der Waals surface area contributed by atoms with Gasteiger partial charge in [-0.3, -0.25) is 9.59 Å². The highest BCUT2D eigenvalue weighted by molar-refractivity contribution is 7.91. The van der Waals surface area contributed by atoms with Crippen molar-refractivity contribution >= 4 is 33.1 Å². The summed E-state index contributed by atoms with van der Waals surface area (Å²) in [5.74, 6) is -1.75. The third-order valence-corrected chi connectivity index (χ3v) is 6.17. The number of sulfone groups is 1. The van der Waals surface area contributed by atoms with E-state index < -0.39 is 21.8 Å². The van der Waals surface area contributed by atoms with Gasteiger partial charge >= 0.3 is 5.97 Å². The van der Waals surface area contributed by atoms with Crippen LogP contribution in [0.25, 0.3) is 0 Å². The van der Waals surface area contributed by atoms with Gasteiger partial charge in [0.2, 0.25) is 0 Å². The van der Waals surface area contributed by atoms with E-state index in [2.05, 4.69) is 0 Å². The number of amides is 1. The SMILES string of the molecule is CCc1ccsc1C(=O)N1CCS(=O)(=O)CC1CC(=O)O. The number of nitrogens with zero attached hydrogens (tertiary/aromatic N) is 1. The minimum Gasteiger partial charge on any atom is -0.481 e. The van der Waals surface area contributed by atoms with Crippen LogP contribution < -0.4 is 0 Å². The average Bonchev–Trinajstić information content (AvgIpc) is 2.84. The van der Waals surface area contributed by atoms with Gasteiger partial charge in [0.25, 0.3) is 5.91 Å². The Morgan fingerprint density at radius 3 is 2.81 bits per heavy atom. The molecule has 1 atom stereocenters. The molecular formula is C13H17NO5S2. The predicted molar refractivity (Wildman–Crippen MR) is 79.4 cm³/mol. The van der Waals surface area contributed by atoms with Gasteiger partial charge in [0.15, 0.2) is 9.84 Å². The zero-order valence-corrected chi connectivity index (χ0v) is 13.2. The summed E-state index contributed by atoms with van der Waals surface area (Å²) in [7, 11) is -3.28. The summed E-state index contributed by atoms with van der Waals surface area (Å²) in [6, 6.07) is 1.07. The second-order valence-corrected chi connectivity index (χ2v) is 8.14. The van der Waals surface area contributed by atoms with Gasteiger partial charge in [-0.25, -0.2) is 8.42 Å². The Morgan fingerprint density at radius 2 is 2.19 bits per heavy atom. The summed E-state index contributed by atoms with van der Waals surface area (Å²) >= 11 is 1.31. The van der Waals surface area contributed by atoms with Gasteiger partial charge < -0.3 is 10.0 Å². The highest BCUT2D eigenvalue weighted by Gasteiger charge is 2.36. The summed E-state index contributed by atoms with van der Waals surface area (Å²) in [5, 5.41) is 10.8. The minimum atomic E-state index is -3.28. The van der Waals surface area contributed by atoms with Crippen molar-refractivity contribution in [2.24, 2.45) is 0 Å². The molecule has 0 bridgehead atoms.